The lowest BCUT2D eigenvalue weighted by atomic mass is 10.0. The van der Waals surface area contributed by atoms with Crippen LogP contribution in [-0.4, -0.2) is 38.1 Å². The van der Waals surface area contributed by atoms with Crippen LogP contribution in [0.3, 0.4) is 0 Å². The molecule has 2 N–H and O–H groups in total. The van der Waals surface area contributed by atoms with Crippen LogP contribution in [0.4, 0.5) is 0 Å². The maximum absolute atomic E-state index is 12.8. The van der Waals surface area contributed by atoms with Gasteiger partial charge in [0.05, 0.1) is 31.1 Å². The second-order valence-corrected chi connectivity index (χ2v) is 5.87. The number of hydrogen-bond acceptors (Lipinski definition) is 5. The van der Waals surface area contributed by atoms with Gasteiger partial charge in [0.2, 0.25) is 0 Å². The SMILES string of the molecule is COCCOCOC=C(C(=O)N[C@H](C)c1ccccc1)c1ccc(O)cc1. The van der Waals surface area contributed by atoms with Crippen LogP contribution in [0, 0.1) is 0 Å². The lowest BCUT2D eigenvalue weighted by Crippen LogP contribution is -2.27. The summed E-state index contributed by atoms with van der Waals surface area (Å²) in [6.45, 7) is 2.78. The first-order chi connectivity index (χ1) is 13.1. The molecule has 2 rings (SSSR count). The topological polar surface area (TPSA) is 77.0 Å². The molecular weight excluding hydrogens is 346 g/mol. The molecule has 0 fully saturated rings. The molecule has 2 aromatic rings. The Bertz CT molecular complexity index is 728. The van der Waals surface area contributed by atoms with Crippen LogP contribution in [0.25, 0.3) is 5.57 Å². The second kappa shape index (κ2) is 11.0. The minimum absolute atomic E-state index is 0.00641. The number of rotatable bonds is 10. The summed E-state index contributed by atoms with van der Waals surface area (Å²) in [7, 11) is 1.59. The molecule has 0 aliphatic rings. The molecule has 0 aliphatic heterocycles. The first-order valence-corrected chi connectivity index (χ1v) is 8.65. The molecule has 27 heavy (non-hydrogen) atoms. The van der Waals surface area contributed by atoms with E-state index in [1.165, 1.54) is 18.4 Å². The Morgan fingerprint density at radius 1 is 1.11 bits per heavy atom. The van der Waals surface area contributed by atoms with Crippen molar-refractivity contribution in [1.29, 1.82) is 0 Å². The van der Waals surface area contributed by atoms with Gasteiger partial charge in [-0.3, -0.25) is 4.79 Å². The van der Waals surface area contributed by atoms with E-state index in [4.69, 9.17) is 14.2 Å². The smallest absolute Gasteiger partial charge is 0.255 e. The number of benzene rings is 2. The summed E-state index contributed by atoms with van der Waals surface area (Å²) in [4.78, 5) is 12.8. The summed E-state index contributed by atoms with van der Waals surface area (Å²) in [5, 5.41) is 12.4. The van der Waals surface area contributed by atoms with Crippen LogP contribution in [-0.2, 0) is 19.0 Å². The van der Waals surface area contributed by atoms with Gasteiger partial charge in [-0.05, 0) is 30.2 Å². The molecule has 0 unspecified atom stereocenters. The zero-order valence-electron chi connectivity index (χ0n) is 15.6. The molecule has 0 bridgehead atoms. The van der Waals surface area contributed by atoms with E-state index in [0.29, 0.717) is 24.4 Å². The number of hydrogen-bond donors (Lipinski definition) is 2. The van der Waals surface area contributed by atoms with Crippen molar-refractivity contribution in [3.63, 3.8) is 0 Å². The fourth-order valence-corrected chi connectivity index (χ4v) is 2.36. The molecule has 0 saturated carbocycles. The molecule has 1 atom stereocenters. The maximum Gasteiger partial charge on any atom is 0.255 e. The molecule has 0 aromatic heterocycles. The molecular formula is C21H25NO5. The molecule has 144 valence electrons. The van der Waals surface area contributed by atoms with Crippen LogP contribution in [0.5, 0.6) is 5.75 Å². The van der Waals surface area contributed by atoms with Crippen molar-refractivity contribution in [3.05, 3.63) is 72.0 Å². The normalized spacial score (nSPS) is 12.4. The van der Waals surface area contributed by atoms with E-state index in [1.54, 1.807) is 19.2 Å². The second-order valence-electron chi connectivity index (χ2n) is 5.87. The zero-order chi connectivity index (χ0) is 19.5. The highest BCUT2D eigenvalue weighted by molar-refractivity contribution is 6.19. The molecule has 0 saturated heterocycles. The van der Waals surface area contributed by atoms with E-state index in [2.05, 4.69) is 5.32 Å². The number of methoxy groups -OCH3 is 1. The number of phenolic OH excluding ortho intramolecular Hbond substituents is 1. The molecule has 6 nitrogen and oxygen atoms in total. The number of nitrogens with one attached hydrogen (secondary N) is 1. The Hall–Kier alpha value is -2.83. The molecule has 0 radical (unpaired) electrons. The number of phenols is 1. The minimum atomic E-state index is -0.283. The Labute approximate surface area is 159 Å². The van der Waals surface area contributed by atoms with Crippen molar-refractivity contribution >= 4 is 11.5 Å². The van der Waals surface area contributed by atoms with Gasteiger partial charge < -0.3 is 24.6 Å². The summed E-state index contributed by atoms with van der Waals surface area (Å²) in [6, 6.07) is 15.9. The summed E-state index contributed by atoms with van der Waals surface area (Å²) in [5.74, 6) is -0.158. The van der Waals surface area contributed by atoms with Crippen LogP contribution in [0.2, 0.25) is 0 Å². The Morgan fingerprint density at radius 2 is 1.81 bits per heavy atom. The van der Waals surface area contributed by atoms with E-state index in [9.17, 15) is 9.90 Å². The van der Waals surface area contributed by atoms with Crippen LogP contribution < -0.4 is 5.32 Å². The number of carbonyl (C=O) groups is 1. The lowest BCUT2D eigenvalue weighted by molar-refractivity contribution is -0.116. The fourth-order valence-electron chi connectivity index (χ4n) is 2.36. The van der Waals surface area contributed by atoms with Crippen LogP contribution in [0.1, 0.15) is 24.1 Å². The van der Waals surface area contributed by atoms with Crippen molar-refractivity contribution < 1.29 is 24.1 Å². The van der Waals surface area contributed by atoms with E-state index in [1.807, 2.05) is 37.3 Å². The first kappa shape index (κ1) is 20.5. The fraction of sp³-hybridized carbons (Fsp3) is 0.286. The minimum Gasteiger partial charge on any atom is -0.508 e. The number of amides is 1. The summed E-state index contributed by atoms with van der Waals surface area (Å²) < 4.78 is 15.5. The molecule has 0 aliphatic carbocycles. The summed E-state index contributed by atoms with van der Waals surface area (Å²) >= 11 is 0. The van der Waals surface area contributed by atoms with Gasteiger partial charge in [0.1, 0.15) is 5.75 Å². The highest BCUT2D eigenvalue weighted by Gasteiger charge is 2.16. The summed E-state index contributed by atoms with van der Waals surface area (Å²) in [6.07, 6.45) is 1.37. The van der Waals surface area contributed by atoms with Crippen molar-refractivity contribution in [1.82, 2.24) is 5.32 Å². The Balaban J connectivity index is 2.08. The Kier molecular flexibility index (Phi) is 8.35. The molecule has 1 amide bonds. The third-order valence-corrected chi connectivity index (χ3v) is 3.85. The van der Waals surface area contributed by atoms with E-state index >= 15 is 0 Å². The summed E-state index contributed by atoms with van der Waals surface area (Å²) in [5.41, 5.74) is 1.97. The monoisotopic (exact) mass is 371 g/mol. The van der Waals surface area contributed by atoms with Crippen LogP contribution in [0.15, 0.2) is 60.9 Å². The average Bonchev–Trinajstić information content (AvgIpc) is 2.69. The molecule has 2 aromatic carbocycles. The third kappa shape index (κ3) is 6.77. The van der Waals surface area contributed by atoms with Crippen molar-refractivity contribution in [3.8, 4) is 5.75 Å². The van der Waals surface area contributed by atoms with Gasteiger partial charge in [-0.25, -0.2) is 0 Å². The van der Waals surface area contributed by atoms with Gasteiger partial charge >= 0.3 is 0 Å². The van der Waals surface area contributed by atoms with E-state index < -0.39 is 0 Å². The Morgan fingerprint density at radius 3 is 2.48 bits per heavy atom. The average molecular weight is 371 g/mol. The number of ether oxygens (including phenoxy) is 3. The maximum atomic E-state index is 12.8. The van der Waals surface area contributed by atoms with E-state index in [-0.39, 0.29) is 24.5 Å². The van der Waals surface area contributed by atoms with Crippen LogP contribution >= 0.6 is 0 Å². The predicted molar refractivity (Wildman–Crippen MR) is 103 cm³/mol. The lowest BCUT2D eigenvalue weighted by Gasteiger charge is -2.16. The highest BCUT2D eigenvalue weighted by Crippen LogP contribution is 2.20. The van der Waals surface area contributed by atoms with Crippen molar-refractivity contribution in [2.45, 2.75) is 13.0 Å². The van der Waals surface area contributed by atoms with Gasteiger partial charge in [0.25, 0.3) is 5.91 Å². The van der Waals surface area contributed by atoms with Gasteiger partial charge in [0, 0.05) is 7.11 Å². The van der Waals surface area contributed by atoms with Crippen molar-refractivity contribution in [2.24, 2.45) is 0 Å². The van der Waals surface area contributed by atoms with Crippen molar-refractivity contribution in [2.75, 3.05) is 27.1 Å². The molecule has 0 heterocycles. The zero-order valence-corrected chi connectivity index (χ0v) is 15.6. The highest BCUT2D eigenvalue weighted by atomic mass is 16.7. The van der Waals surface area contributed by atoms with Gasteiger partial charge in [0.15, 0.2) is 6.79 Å². The third-order valence-electron chi connectivity index (χ3n) is 3.85. The van der Waals surface area contributed by atoms with E-state index in [0.717, 1.165) is 5.56 Å². The number of carbonyl (C=O) groups excluding carboxylic acids is 1. The largest absolute Gasteiger partial charge is 0.508 e. The molecule has 0 spiro atoms. The number of aromatic hydroxyl groups is 1. The quantitative estimate of drug-likeness (QED) is 0.290. The van der Waals surface area contributed by atoms with Gasteiger partial charge in [-0.2, -0.15) is 0 Å². The van der Waals surface area contributed by atoms with Gasteiger partial charge in [-0.1, -0.05) is 42.5 Å². The first-order valence-electron chi connectivity index (χ1n) is 8.65. The molecule has 6 heteroatoms. The van der Waals surface area contributed by atoms with Gasteiger partial charge in [-0.15, -0.1) is 0 Å². The standard InChI is InChI=1S/C21H25NO5/c1-16(17-6-4-3-5-7-17)22-21(24)20(14-27-15-26-13-12-25-2)18-8-10-19(23)11-9-18/h3-11,14,16,23H,12-13,15H2,1-2H3,(H,22,24)/t16-/m1/s1. The predicted octanol–water partition coefficient (Wildman–Crippen LogP) is 3.25.